The Kier molecular flexibility index (Phi) is 17.2. The molecule has 0 bridgehead atoms. The molecule has 3 nitrogen and oxygen atoms in total. The summed E-state index contributed by atoms with van der Waals surface area (Å²) < 4.78 is 57.5. The summed E-state index contributed by atoms with van der Waals surface area (Å²) in [4.78, 5) is 0. The van der Waals surface area contributed by atoms with E-state index in [0.29, 0.717) is 0 Å². The fourth-order valence-electron chi connectivity index (χ4n) is 0. The van der Waals surface area contributed by atoms with Crippen molar-refractivity contribution in [2.45, 2.75) is 5.51 Å². The topological polar surface area (TPSA) is 54.4 Å². The summed E-state index contributed by atoms with van der Waals surface area (Å²) in [5, 5.41) is 0. The summed E-state index contributed by atoms with van der Waals surface area (Å²) in [5.74, 6) is 0. The average Bonchev–Trinajstić information content (AvgIpc) is 1.25. The first-order chi connectivity index (χ1) is 3.25. The van der Waals surface area contributed by atoms with E-state index in [1.165, 1.54) is 0 Å². The average molecular weight is 222 g/mol. The van der Waals surface area contributed by atoms with Crippen molar-refractivity contribution < 1.29 is 119 Å². The molecule has 0 spiro atoms. The maximum atomic E-state index is 10.7. The second-order valence-corrected chi connectivity index (χ2v) is 2.33. The molecule has 0 amide bonds. The van der Waals surface area contributed by atoms with Crippen LogP contribution in [0.15, 0.2) is 0 Å². The smallest absolute Gasteiger partial charge is 1.00 e. The van der Waals surface area contributed by atoms with E-state index < -0.39 is 15.6 Å². The molecule has 10 heteroatoms. The SMILES string of the molecule is O=S(=O)(O)C(F)(F)F.[H-].[H-].[H-].[Na+].[Na+].[Na+]. The van der Waals surface area contributed by atoms with Gasteiger partial charge in [0.2, 0.25) is 0 Å². The Hall–Kier alpha value is 2.70. The van der Waals surface area contributed by atoms with Crippen LogP contribution in [0.2, 0.25) is 0 Å². The van der Waals surface area contributed by atoms with Gasteiger partial charge in [-0.1, -0.05) is 0 Å². The minimum absolute atomic E-state index is 0. The van der Waals surface area contributed by atoms with Crippen LogP contribution in [0.5, 0.6) is 0 Å². The molecular weight excluding hydrogens is 218 g/mol. The Morgan fingerprint density at radius 2 is 1.18 bits per heavy atom. The van der Waals surface area contributed by atoms with E-state index in [4.69, 9.17) is 13.0 Å². The molecule has 11 heavy (non-hydrogen) atoms. The summed E-state index contributed by atoms with van der Waals surface area (Å²) in [6.07, 6.45) is 0. The summed E-state index contributed by atoms with van der Waals surface area (Å²) in [6.45, 7) is 0. The van der Waals surface area contributed by atoms with Gasteiger partial charge in [0.1, 0.15) is 0 Å². The molecular formula is CH4F3Na3O3S. The first-order valence-corrected chi connectivity index (χ1v) is 2.73. The molecule has 0 atom stereocenters. The zero-order chi connectivity index (χ0) is 7.00. The third kappa shape index (κ3) is 10.6. The van der Waals surface area contributed by atoms with Crippen molar-refractivity contribution in [3.63, 3.8) is 0 Å². The zero-order valence-corrected chi connectivity index (χ0v) is 13.1. The zero-order valence-electron chi connectivity index (χ0n) is 9.31. The van der Waals surface area contributed by atoms with Gasteiger partial charge >= 0.3 is 104 Å². The molecule has 0 unspecified atom stereocenters. The third-order valence-electron chi connectivity index (χ3n) is 0.292. The minimum atomic E-state index is -5.84. The molecule has 0 aliphatic carbocycles. The van der Waals surface area contributed by atoms with E-state index in [9.17, 15) is 13.2 Å². The standard InChI is InChI=1S/CHF3O3S.3Na.3H/c2-1(3,4)8(5,6)7;;;;;;/h(H,5,6,7);;;;;;/q;3*+1;3*-1. The Morgan fingerprint density at radius 3 is 1.18 bits per heavy atom. The van der Waals surface area contributed by atoms with Crippen molar-refractivity contribution in [2.75, 3.05) is 0 Å². The van der Waals surface area contributed by atoms with E-state index in [1.807, 2.05) is 0 Å². The van der Waals surface area contributed by atoms with E-state index in [0.717, 1.165) is 0 Å². The molecule has 0 saturated heterocycles. The maximum absolute atomic E-state index is 10.7. The van der Waals surface area contributed by atoms with Gasteiger partial charge in [0, 0.05) is 0 Å². The van der Waals surface area contributed by atoms with Crippen molar-refractivity contribution in [1.82, 2.24) is 0 Å². The molecule has 0 radical (unpaired) electrons. The van der Waals surface area contributed by atoms with Crippen molar-refractivity contribution >= 4 is 10.1 Å². The van der Waals surface area contributed by atoms with Crippen LogP contribution in [0.3, 0.4) is 0 Å². The molecule has 0 aromatic heterocycles. The normalized spacial score (nSPS) is 10.2. The van der Waals surface area contributed by atoms with Gasteiger partial charge in [-0.05, 0) is 0 Å². The molecule has 0 aliphatic rings. The minimum Gasteiger partial charge on any atom is -1.00 e. The monoisotopic (exact) mass is 222 g/mol. The number of alkyl halides is 3. The van der Waals surface area contributed by atoms with Crippen LogP contribution < -0.4 is 88.7 Å². The maximum Gasteiger partial charge on any atom is 1.00 e. The van der Waals surface area contributed by atoms with Crippen LogP contribution in [0.4, 0.5) is 13.2 Å². The molecule has 0 saturated carbocycles. The van der Waals surface area contributed by atoms with Gasteiger partial charge in [0.25, 0.3) is 0 Å². The second-order valence-electron chi connectivity index (χ2n) is 0.921. The second kappa shape index (κ2) is 8.05. The van der Waals surface area contributed by atoms with Gasteiger partial charge in [-0.2, -0.15) is 21.6 Å². The molecule has 0 heterocycles. The fourth-order valence-corrected chi connectivity index (χ4v) is 0. The first kappa shape index (κ1) is 23.5. The van der Waals surface area contributed by atoms with E-state index in [1.54, 1.807) is 0 Å². The summed E-state index contributed by atoms with van der Waals surface area (Å²) >= 11 is 0. The van der Waals surface area contributed by atoms with Crippen LogP contribution in [0, 0.1) is 0 Å². The van der Waals surface area contributed by atoms with Gasteiger partial charge in [-0.15, -0.1) is 0 Å². The number of rotatable bonds is 0. The van der Waals surface area contributed by atoms with Gasteiger partial charge in [-0.3, -0.25) is 4.55 Å². The molecule has 0 aromatic rings. The Morgan fingerprint density at radius 1 is 1.09 bits per heavy atom. The van der Waals surface area contributed by atoms with Crippen LogP contribution in [-0.4, -0.2) is 18.5 Å². The largest absolute Gasteiger partial charge is 1.00 e. The molecule has 1 N–H and O–H groups in total. The van der Waals surface area contributed by atoms with Gasteiger partial charge in [0.15, 0.2) is 0 Å². The summed E-state index contributed by atoms with van der Waals surface area (Å²) in [5.41, 5.74) is -5.53. The van der Waals surface area contributed by atoms with Crippen molar-refractivity contribution in [2.24, 2.45) is 0 Å². The van der Waals surface area contributed by atoms with E-state index in [-0.39, 0.29) is 93.0 Å². The van der Waals surface area contributed by atoms with Gasteiger partial charge in [0.05, 0.1) is 0 Å². The number of hydrogen-bond donors (Lipinski definition) is 1. The van der Waals surface area contributed by atoms with E-state index >= 15 is 0 Å². The molecule has 0 rings (SSSR count). The number of hydrogen-bond acceptors (Lipinski definition) is 2. The predicted molar refractivity (Wildman–Crippen MR) is 20.9 cm³/mol. The molecule has 0 aromatic carbocycles. The first-order valence-electron chi connectivity index (χ1n) is 1.29. The predicted octanol–water partition coefficient (Wildman–Crippen LogP) is -8.26. The van der Waals surface area contributed by atoms with Crippen LogP contribution in [0.25, 0.3) is 0 Å². The Labute approximate surface area is 133 Å². The van der Waals surface area contributed by atoms with Crippen molar-refractivity contribution in [3.8, 4) is 0 Å². The van der Waals surface area contributed by atoms with Gasteiger partial charge in [-0.25, -0.2) is 0 Å². The summed E-state index contributed by atoms with van der Waals surface area (Å²) in [7, 11) is -5.84. The molecule has 0 fully saturated rings. The van der Waals surface area contributed by atoms with E-state index in [2.05, 4.69) is 0 Å². The fraction of sp³-hybridized carbons (Fsp3) is 1.00. The quantitative estimate of drug-likeness (QED) is 0.251. The Bertz CT molecular complexity index is 183. The van der Waals surface area contributed by atoms with Crippen molar-refractivity contribution in [3.05, 3.63) is 0 Å². The van der Waals surface area contributed by atoms with Crippen LogP contribution in [0.1, 0.15) is 4.28 Å². The van der Waals surface area contributed by atoms with Crippen LogP contribution >= 0.6 is 0 Å². The summed E-state index contributed by atoms with van der Waals surface area (Å²) in [6, 6.07) is 0. The van der Waals surface area contributed by atoms with Crippen LogP contribution in [-0.2, 0) is 10.1 Å². The Balaban J connectivity index is -0.0000000163. The molecule has 0 aliphatic heterocycles. The number of halogens is 3. The van der Waals surface area contributed by atoms with Gasteiger partial charge < -0.3 is 4.28 Å². The molecule has 56 valence electrons. The van der Waals surface area contributed by atoms with Crippen molar-refractivity contribution in [1.29, 1.82) is 0 Å². The third-order valence-corrected chi connectivity index (χ3v) is 0.877.